The average Bonchev–Trinajstić information content (AvgIpc) is 3.25. The normalized spacial score (nSPS) is 22.6. The summed E-state index contributed by atoms with van der Waals surface area (Å²) in [7, 11) is 1.45. The zero-order valence-corrected chi connectivity index (χ0v) is 40.1. The van der Waals surface area contributed by atoms with E-state index in [1.807, 2.05) is 12.2 Å². The van der Waals surface area contributed by atoms with Crippen molar-refractivity contribution in [2.24, 2.45) is 28.7 Å². The second kappa shape index (κ2) is 31.4. The molecule has 0 saturated carbocycles. The number of methoxy groups -OCH3 is 1. The molecule has 0 fully saturated rings. The lowest BCUT2D eigenvalue weighted by Gasteiger charge is -2.34. The number of ether oxygens (including phenoxy) is 3. The number of hydrogen-bond donors (Lipinski definition) is 9. The Kier molecular flexibility index (Phi) is 27.4. The van der Waals surface area contributed by atoms with Crippen LogP contribution in [0.5, 0.6) is 0 Å². The summed E-state index contributed by atoms with van der Waals surface area (Å²) in [6, 6.07) is -4.68. The first kappa shape index (κ1) is 58.5. The van der Waals surface area contributed by atoms with Gasteiger partial charge in [-0.05, 0) is 70.3 Å². The van der Waals surface area contributed by atoms with E-state index in [0.29, 0.717) is 12.3 Å². The molecule has 374 valence electrons. The van der Waals surface area contributed by atoms with Gasteiger partial charge in [0.05, 0.1) is 18.1 Å². The molecule has 0 aromatic carbocycles. The van der Waals surface area contributed by atoms with Crippen LogP contribution in [0, 0.1) is 17.3 Å². The van der Waals surface area contributed by atoms with Crippen molar-refractivity contribution < 1.29 is 57.4 Å². The number of carbonyl (C=O) groups excluding carboxylic acids is 9. The van der Waals surface area contributed by atoms with Crippen LogP contribution in [0.15, 0.2) is 60.4 Å². The van der Waals surface area contributed by atoms with Gasteiger partial charge in [0.25, 0.3) is 5.91 Å². The number of allylic oxidation sites excluding steroid dienone is 6. The fraction of sp³-hybridized carbons (Fsp3) is 0.587. The Balaban J connectivity index is 3.66. The number of urea groups is 2. The molecule has 0 aliphatic carbocycles. The fourth-order valence-corrected chi connectivity index (χ4v) is 6.04. The lowest BCUT2D eigenvalue weighted by molar-refractivity contribution is -0.175. The van der Waals surface area contributed by atoms with E-state index in [1.165, 1.54) is 33.1 Å². The van der Waals surface area contributed by atoms with Gasteiger partial charge in [-0.3, -0.25) is 33.6 Å². The van der Waals surface area contributed by atoms with Crippen LogP contribution in [0.3, 0.4) is 0 Å². The zero-order valence-electron chi connectivity index (χ0n) is 40.1. The van der Waals surface area contributed by atoms with E-state index in [9.17, 15) is 43.2 Å². The molecule has 0 bridgehead atoms. The first-order valence-electron chi connectivity index (χ1n) is 22.4. The van der Waals surface area contributed by atoms with Gasteiger partial charge < -0.3 is 62.9 Å². The topological polar surface area (TPSA) is 318 Å². The second-order valence-corrected chi connectivity index (χ2v) is 16.9. The van der Waals surface area contributed by atoms with Gasteiger partial charge >= 0.3 is 24.0 Å². The van der Waals surface area contributed by atoms with Crippen molar-refractivity contribution in [1.82, 2.24) is 37.2 Å². The van der Waals surface area contributed by atoms with Crippen LogP contribution >= 0.6 is 0 Å². The quantitative estimate of drug-likeness (QED) is 0.0312. The number of carbonyl (C=O) groups is 9. The Morgan fingerprint density at radius 3 is 2.19 bits per heavy atom. The van der Waals surface area contributed by atoms with Gasteiger partial charge in [0.2, 0.25) is 23.6 Å². The van der Waals surface area contributed by atoms with Crippen LogP contribution in [0.1, 0.15) is 93.4 Å². The molecular weight excluding hydrogens is 871 g/mol. The summed E-state index contributed by atoms with van der Waals surface area (Å²) in [4.78, 5) is 117. The summed E-state index contributed by atoms with van der Waals surface area (Å²) < 4.78 is 17.5. The minimum atomic E-state index is -1.56. The maximum Gasteiger partial charge on any atom is 0.325 e. The summed E-state index contributed by atoms with van der Waals surface area (Å²) in [5.74, 6) is -5.90. The van der Waals surface area contributed by atoms with Crippen molar-refractivity contribution in [3.8, 4) is 0 Å². The third-order valence-corrected chi connectivity index (χ3v) is 10.1. The van der Waals surface area contributed by atoms with E-state index in [4.69, 9.17) is 25.7 Å². The third kappa shape index (κ3) is 24.6. The number of rotatable bonds is 18. The first-order valence-corrected chi connectivity index (χ1v) is 22.4. The smallest absolute Gasteiger partial charge is 0.325 e. The lowest BCUT2D eigenvalue weighted by atomic mass is 9.83. The summed E-state index contributed by atoms with van der Waals surface area (Å²) in [5, 5.41) is 16.7. The monoisotopic (exact) mass is 944 g/mol. The molecule has 0 aromatic heterocycles. The van der Waals surface area contributed by atoms with Gasteiger partial charge in [0, 0.05) is 32.7 Å². The van der Waals surface area contributed by atoms with E-state index in [1.54, 1.807) is 32.9 Å². The number of amides is 9. The van der Waals surface area contributed by atoms with Crippen molar-refractivity contribution in [2.45, 2.75) is 124 Å². The summed E-state index contributed by atoms with van der Waals surface area (Å²) in [6.07, 6.45) is 15.6. The molecule has 21 heteroatoms. The molecule has 0 spiro atoms. The highest BCUT2D eigenvalue weighted by molar-refractivity contribution is 6.02. The zero-order chi connectivity index (χ0) is 50.5. The highest BCUT2D eigenvalue weighted by Crippen LogP contribution is 2.31. The van der Waals surface area contributed by atoms with Gasteiger partial charge in [-0.2, -0.15) is 0 Å². The standard InChI is InChI=1S/C46H73N9O12/c1-9-18-32-42(61)55-33(21-17-24-49-44(47)63)40(59)50-27-38(57)54-34(26-52-45(48)64)41(60)51-28-39(58)67-36(25-31(65-8)20-16-14-12-10-11-13-15-19-29(2)3)46(6,7)43(62)66-35(30(4)5)22-23-37(56)53-32/h11-14,16,18,20,22-23,29-31,33-36H,9-10,15,17,19,21,24-28H2,1-8H3,(H,50,59)(H,51,60)(H,53,56)(H,54,57)(H,55,61)(H3,47,49,63)(H3,48,52,64)/b13-11-,14-12+,20-16+,23-22+,32-18-/t31-,33?,34-,35+,36-/m0/s1. The minimum absolute atomic E-state index is 0.0332. The van der Waals surface area contributed by atoms with Gasteiger partial charge in [0.1, 0.15) is 36.5 Å². The molecule has 9 amide bonds. The Labute approximate surface area is 393 Å². The molecule has 11 N–H and O–H groups in total. The third-order valence-electron chi connectivity index (χ3n) is 10.1. The van der Waals surface area contributed by atoms with Crippen LogP contribution in [0.4, 0.5) is 9.59 Å². The van der Waals surface area contributed by atoms with E-state index >= 15 is 0 Å². The van der Waals surface area contributed by atoms with E-state index < -0.39 is 109 Å². The van der Waals surface area contributed by atoms with Gasteiger partial charge in [-0.25, -0.2) is 9.59 Å². The van der Waals surface area contributed by atoms with Crippen LogP contribution in [0.25, 0.3) is 0 Å². The Morgan fingerprint density at radius 2 is 1.57 bits per heavy atom. The molecule has 67 heavy (non-hydrogen) atoms. The minimum Gasteiger partial charge on any atom is -0.460 e. The Bertz CT molecular complexity index is 1840. The number of nitrogens with one attached hydrogen (secondary N) is 7. The summed E-state index contributed by atoms with van der Waals surface area (Å²) in [5.41, 5.74) is 8.57. The van der Waals surface area contributed by atoms with E-state index in [2.05, 4.69) is 63.2 Å². The summed E-state index contributed by atoms with van der Waals surface area (Å²) in [6.45, 7) is 10.6. The van der Waals surface area contributed by atoms with Gasteiger partial charge in [-0.1, -0.05) is 77.2 Å². The van der Waals surface area contributed by atoms with Crippen molar-refractivity contribution >= 4 is 53.5 Å². The van der Waals surface area contributed by atoms with Crippen LogP contribution in [0.2, 0.25) is 0 Å². The molecule has 1 heterocycles. The fourth-order valence-electron chi connectivity index (χ4n) is 6.04. The Hall–Kier alpha value is -6.51. The van der Waals surface area contributed by atoms with E-state index in [0.717, 1.165) is 18.9 Å². The highest BCUT2D eigenvalue weighted by atomic mass is 16.6. The maximum atomic E-state index is 14.1. The average molecular weight is 944 g/mol. The number of nitrogens with two attached hydrogens (primary N) is 2. The highest BCUT2D eigenvalue weighted by Gasteiger charge is 2.43. The molecular formula is C46H73N9O12. The van der Waals surface area contributed by atoms with Crippen LogP contribution < -0.4 is 48.7 Å². The van der Waals surface area contributed by atoms with Gasteiger partial charge in [-0.15, -0.1) is 0 Å². The molecule has 1 rings (SSSR count). The number of cyclic esters (lactones) is 2. The first-order chi connectivity index (χ1) is 31.6. The molecule has 0 aromatic rings. The Morgan fingerprint density at radius 1 is 0.896 bits per heavy atom. The predicted molar refractivity (Wildman–Crippen MR) is 250 cm³/mol. The van der Waals surface area contributed by atoms with Crippen molar-refractivity contribution in [1.29, 1.82) is 0 Å². The molecule has 0 saturated heterocycles. The van der Waals surface area contributed by atoms with Crippen molar-refractivity contribution in [2.75, 3.05) is 33.3 Å². The largest absolute Gasteiger partial charge is 0.460 e. The molecule has 1 aliphatic rings. The van der Waals surface area contributed by atoms with Crippen LogP contribution in [-0.4, -0.2) is 117 Å². The lowest BCUT2D eigenvalue weighted by Crippen LogP contribution is -2.56. The molecule has 0 radical (unpaired) electrons. The molecule has 1 aliphatic heterocycles. The SMILES string of the molecule is CC/C=C1\NC(=O)/C=C/[C@H](C(C)C)OC(=O)C(C)(C)[C@H](C[C@H](/C=C/C=C/C/C=C\CCC(C)C)OC)OC(=O)CNC(=O)[C@H](CNC(N)=O)NC(=O)CNC(=O)C(CCCNC(N)=O)NC1=O. The van der Waals surface area contributed by atoms with E-state index in [-0.39, 0.29) is 43.8 Å². The molecule has 1 unspecified atom stereocenters. The number of primary amides is 2. The maximum absolute atomic E-state index is 14.1. The van der Waals surface area contributed by atoms with Crippen molar-refractivity contribution in [3.63, 3.8) is 0 Å². The van der Waals surface area contributed by atoms with Crippen molar-refractivity contribution in [3.05, 3.63) is 60.4 Å². The number of esters is 2. The molecule has 21 nitrogen and oxygen atoms in total. The summed E-state index contributed by atoms with van der Waals surface area (Å²) >= 11 is 0. The van der Waals surface area contributed by atoms with Crippen LogP contribution in [-0.2, 0) is 47.8 Å². The second-order valence-electron chi connectivity index (χ2n) is 16.9. The van der Waals surface area contributed by atoms with Gasteiger partial charge in [0.15, 0.2) is 0 Å². The molecule has 5 atom stereocenters. The number of hydrogen-bond acceptors (Lipinski definition) is 12. The predicted octanol–water partition coefficient (Wildman–Crippen LogP) is 1.69.